The summed E-state index contributed by atoms with van der Waals surface area (Å²) in [4.78, 5) is 23.4. The zero-order chi connectivity index (χ0) is 15.1. The Morgan fingerprint density at radius 1 is 1.48 bits per heavy atom. The van der Waals surface area contributed by atoms with Crippen LogP contribution in [0.3, 0.4) is 0 Å². The summed E-state index contributed by atoms with van der Waals surface area (Å²) in [6.07, 6.45) is 1.72. The second-order valence-electron chi connectivity index (χ2n) is 5.14. The van der Waals surface area contributed by atoms with Gasteiger partial charge in [-0.15, -0.1) is 0 Å². The molecule has 1 N–H and O–H groups in total. The van der Waals surface area contributed by atoms with Crippen LogP contribution >= 0.6 is 11.6 Å². The number of carboxylic acids is 1. The molecule has 5 nitrogen and oxygen atoms in total. The minimum atomic E-state index is -0.968. The molecule has 0 spiro atoms. The highest BCUT2D eigenvalue weighted by atomic mass is 35.5. The van der Waals surface area contributed by atoms with Crippen LogP contribution in [0.1, 0.15) is 24.6 Å². The lowest BCUT2D eigenvalue weighted by molar-refractivity contribution is -0.136. The largest absolute Gasteiger partial charge is 0.495 e. The number of carbonyl (C=O) groups is 1. The molecule has 1 saturated carbocycles. The molecule has 1 aliphatic carbocycles. The zero-order valence-electron chi connectivity index (χ0n) is 11.4. The number of pyridine rings is 1. The van der Waals surface area contributed by atoms with Gasteiger partial charge in [0, 0.05) is 17.8 Å². The van der Waals surface area contributed by atoms with Crippen molar-refractivity contribution in [1.82, 2.24) is 4.57 Å². The Bertz CT molecular complexity index is 792. The molecule has 1 heterocycles. The molecule has 2 aromatic rings. The van der Waals surface area contributed by atoms with Gasteiger partial charge in [-0.3, -0.25) is 9.59 Å². The van der Waals surface area contributed by atoms with E-state index < -0.39 is 5.97 Å². The summed E-state index contributed by atoms with van der Waals surface area (Å²) in [7, 11) is 1.52. The van der Waals surface area contributed by atoms with Gasteiger partial charge in [-0.05, 0) is 25.0 Å². The van der Waals surface area contributed by atoms with E-state index in [0.717, 1.165) is 12.8 Å². The topological polar surface area (TPSA) is 68.5 Å². The van der Waals surface area contributed by atoms with E-state index in [1.807, 2.05) is 4.57 Å². The highest BCUT2D eigenvalue weighted by Crippen LogP contribution is 2.41. The Hall–Kier alpha value is -2.01. The first-order valence-corrected chi connectivity index (χ1v) is 7.03. The molecule has 0 bridgehead atoms. The van der Waals surface area contributed by atoms with Crippen LogP contribution in [0, 0.1) is 0 Å². The number of ether oxygens (including phenoxy) is 1. The van der Waals surface area contributed by atoms with Crippen molar-refractivity contribution in [2.24, 2.45) is 0 Å². The third-order valence-corrected chi connectivity index (χ3v) is 3.96. The van der Waals surface area contributed by atoms with Crippen LogP contribution in [-0.4, -0.2) is 22.8 Å². The quantitative estimate of drug-likeness (QED) is 0.942. The first-order chi connectivity index (χ1) is 10.0. The molecular formula is C15H14ClNO4. The lowest BCUT2D eigenvalue weighted by atomic mass is 10.1. The number of halogens is 1. The van der Waals surface area contributed by atoms with Crippen molar-refractivity contribution < 1.29 is 14.6 Å². The molecule has 0 saturated heterocycles. The molecule has 21 heavy (non-hydrogen) atoms. The minimum absolute atomic E-state index is 0.197. The van der Waals surface area contributed by atoms with E-state index in [2.05, 4.69) is 0 Å². The number of hydrogen-bond acceptors (Lipinski definition) is 3. The SMILES string of the molecule is COc1ccc(Cl)c2c(=O)cc(CC(=O)O)n(C3CC3)c12. The van der Waals surface area contributed by atoms with Crippen LogP contribution in [0.25, 0.3) is 10.9 Å². The predicted octanol–water partition coefficient (Wildman–Crippen LogP) is 2.63. The van der Waals surface area contributed by atoms with Crippen LogP contribution < -0.4 is 10.2 Å². The molecule has 1 aromatic carbocycles. The van der Waals surface area contributed by atoms with E-state index in [4.69, 9.17) is 21.4 Å². The Labute approximate surface area is 125 Å². The number of fused-ring (bicyclic) bond motifs is 1. The fourth-order valence-electron chi connectivity index (χ4n) is 2.66. The number of methoxy groups -OCH3 is 1. The average molecular weight is 308 g/mol. The van der Waals surface area contributed by atoms with Crippen molar-refractivity contribution in [2.75, 3.05) is 7.11 Å². The van der Waals surface area contributed by atoms with Crippen LogP contribution in [-0.2, 0) is 11.2 Å². The number of rotatable bonds is 4. The van der Waals surface area contributed by atoms with Gasteiger partial charge in [0.25, 0.3) is 0 Å². The van der Waals surface area contributed by atoms with Gasteiger partial charge in [0.15, 0.2) is 5.43 Å². The summed E-state index contributed by atoms with van der Waals surface area (Å²) in [6, 6.07) is 4.90. The summed E-state index contributed by atoms with van der Waals surface area (Å²) >= 11 is 6.16. The third kappa shape index (κ3) is 2.38. The molecule has 0 amide bonds. The lowest BCUT2D eigenvalue weighted by Crippen LogP contribution is -2.17. The predicted molar refractivity (Wildman–Crippen MR) is 79.4 cm³/mol. The molecule has 1 aromatic heterocycles. The van der Waals surface area contributed by atoms with Crippen LogP contribution in [0.5, 0.6) is 5.75 Å². The molecule has 3 rings (SSSR count). The van der Waals surface area contributed by atoms with Gasteiger partial charge in [-0.1, -0.05) is 11.6 Å². The van der Waals surface area contributed by atoms with E-state index in [0.29, 0.717) is 27.4 Å². The molecule has 6 heteroatoms. The first kappa shape index (κ1) is 13.9. The average Bonchev–Trinajstić information content (AvgIpc) is 3.22. The van der Waals surface area contributed by atoms with E-state index in [9.17, 15) is 9.59 Å². The monoisotopic (exact) mass is 307 g/mol. The van der Waals surface area contributed by atoms with Crippen LogP contribution in [0.4, 0.5) is 0 Å². The summed E-state index contributed by atoms with van der Waals surface area (Å²) < 4.78 is 7.25. The van der Waals surface area contributed by atoms with Gasteiger partial charge in [0.2, 0.25) is 0 Å². The van der Waals surface area contributed by atoms with Crippen LogP contribution in [0.2, 0.25) is 5.02 Å². The standard InChI is InChI=1S/C15H14ClNO4/c1-21-12-5-4-10(16)14-11(18)6-9(7-13(19)20)17(15(12)14)8-2-3-8/h4-6,8H,2-3,7H2,1H3,(H,19,20). The fourth-order valence-corrected chi connectivity index (χ4v) is 2.91. The molecule has 1 aliphatic rings. The van der Waals surface area contributed by atoms with Crippen molar-refractivity contribution >= 4 is 28.5 Å². The molecule has 0 radical (unpaired) electrons. The number of benzene rings is 1. The maximum atomic E-state index is 12.3. The smallest absolute Gasteiger partial charge is 0.309 e. The van der Waals surface area contributed by atoms with Gasteiger partial charge in [0.1, 0.15) is 5.75 Å². The Balaban J connectivity index is 2.43. The Morgan fingerprint density at radius 3 is 2.76 bits per heavy atom. The normalized spacial score (nSPS) is 14.4. The van der Waals surface area contributed by atoms with Gasteiger partial charge in [-0.2, -0.15) is 0 Å². The first-order valence-electron chi connectivity index (χ1n) is 6.65. The number of hydrogen-bond donors (Lipinski definition) is 1. The summed E-state index contributed by atoms with van der Waals surface area (Å²) in [5, 5.41) is 9.80. The Kier molecular flexibility index (Phi) is 3.37. The minimum Gasteiger partial charge on any atom is -0.495 e. The number of carboxylic acid groups (broad SMARTS) is 1. The summed E-state index contributed by atoms with van der Waals surface area (Å²) in [6.45, 7) is 0. The van der Waals surface area contributed by atoms with E-state index in [1.54, 1.807) is 12.1 Å². The number of aliphatic carboxylic acids is 1. The maximum absolute atomic E-state index is 12.3. The summed E-state index contributed by atoms with van der Waals surface area (Å²) in [5.41, 5.74) is 0.807. The second kappa shape index (κ2) is 5.07. The van der Waals surface area contributed by atoms with Crippen molar-refractivity contribution in [2.45, 2.75) is 25.3 Å². The van der Waals surface area contributed by atoms with Crippen molar-refractivity contribution in [1.29, 1.82) is 0 Å². The number of nitrogens with zero attached hydrogens (tertiary/aromatic N) is 1. The van der Waals surface area contributed by atoms with Crippen molar-refractivity contribution in [3.05, 3.63) is 39.1 Å². The van der Waals surface area contributed by atoms with Crippen molar-refractivity contribution in [3.63, 3.8) is 0 Å². The highest BCUT2D eigenvalue weighted by molar-refractivity contribution is 6.35. The van der Waals surface area contributed by atoms with Gasteiger partial charge in [0.05, 0.1) is 29.5 Å². The van der Waals surface area contributed by atoms with E-state index >= 15 is 0 Å². The fraction of sp³-hybridized carbons (Fsp3) is 0.333. The highest BCUT2D eigenvalue weighted by Gasteiger charge is 2.29. The summed E-state index contributed by atoms with van der Waals surface area (Å²) in [5.74, 6) is -0.435. The second-order valence-corrected chi connectivity index (χ2v) is 5.55. The third-order valence-electron chi connectivity index (χ3n) is 3.65. The molecule has 1 fully saturated rings. The van der Waals surface area contributed by atoms with E-state index in [1.165, 1.54) is 13.2 Å². The lowest BCUT2D eigenvalue weighted by Gasteiger charge is -2.18. The Morgan fingerprint density at radius 2 is 2.19 bits per heavy atom. The van der Waals surface area contributed by atoms with Crippen LogP contribution in [0.15, 0.2) is 23.0 Å². The maximum Gasteiger partial charge on any atom is 0.309 e. The molecular weight excluding hydrogens is 294 g/mol. The number of aromatic nitrogens is 1. The van der Waals surface area contributed by atoms with Gasteiger partial charge < -0.3 is 14.4 Å². The van der Waals surface area contributed by atoms with Gasteiger partial charge in [-0.25, -0.2) is 0 Å². The molecule has 0 atom stereocenters. The molecule has 0 unspecified atom stereocenters. The molecule has 110 valence electrons. The van der Waals surface area contributed by atoms with E-state index in [-0.39, 0.29) is 17.9 Å². The van der Waals surface area contributed by atoms with Gasteiger partial charge >= 0.3 is 5.97 Å². The van der Waals surface area contributed by atoms with Crippen molar-refractivity contribution in [3.8, 4) is 5.75 Å². The molecule has 0 aliphatic heterocycles. The zero-order valence-corrected chi connectivity index (χ0v) is 12.2.